The van der Waals surface area contributed by atoms with Gasteiger partial charge < -0.3 is 10.3 Å². The fourth-order valence-electron chi connectivity index (χ4n) is 2.39. The number of nitrogens with one attached hydrogen (secondary N) is 2. The predicted molar refractivity (Wildman–Crippen MR) is 87.7 cm³/mol. The van der Waals surface area contributed by atoms with Crippen molar-refractivity contribution in [2.75, 3.05) is 5.75 Å². The van der Waals surface area contributed by atoms with Gasteiger partial charge >= 0.3 is 0 Å². The van der Waals surface area contributed by atoms with Crippen molar-refractivity contribution in [3.63, 3.8) is 0 Å². The van der Waals surface area contributed by atoms with Gasteiger partial charge in [-0.05, 0) is 42.7 Å². The summed E-state index contributed by atoms with van der Waals surface area (Å²) in [6.45, 7) is 4.06. The highest BCUT2D eigenvalue weighted by Gasteiger charge is 2.24. The molecule has 1 aromatic carbocycles. The Labute approximate surface area is 134 Å². The van der Waals surface area contributed by atoms with Gasteiger partial charge in [-0.3, -0.25) is 4.79 Å². The van der Waals surface area contributed by atoms with Gasteiger partial charge in [-0.1, -0.05) is 12.1 Å². The van der Waals surface area contributed by atoms with Crippen LogP contribution in [-0.4, -0.2) is 36.1 Å². The minimum Gasteiger partial charge on any atom is -0.342 e. The van der Waals surface area contributed by atoms with E-state index in [1.165, 1.54) is 11.6 Å². The predicted octanol–water partition coefficient (Wildman–Crippen LogP) is 1.73. The molecule has 1 amide bonds. The second-order valence-electron chi connectivity index (χ2n) is 5.68. The number of hydrogen-bond donors (Lipinski definition) is 2. The summed E-state index contributed by atoms with van der Waals surface area (Å²) in [7, 11) is -3.20. The molecule has 3 rings (SSSR count). The molecule has 1 atom stereocenters. The van der Waals surface area contributed by atoms with Crippen LogP contribution in [0, 0.1) is 13.8 Å². The topological polar surface area (TPSA) is 91.9 Å². The number of benzene rings is 1. The lowest BCUT2D eigenvalue weighted by atomic mass is 10.1. The smallest absolute Gasteiger partial charge is 0.287 e. The average Bonchev–Trinajstić information content (AvgIpc) is 3.09. The second kappa shape index (κ2) is 5.66. The summed E-state index contributed by atoms with van der Waals surface area (Å²) < 4.78 is 22.7. The highest BCUT2D eigenvalue weighted by atomic mass is 32.2. The SMILES string of the molecule is Cc1ccc(-c2cnc(C(=O)N[C@@H]3C=CS(=O)(=O)C3)[nH]2)cc1C. The maximum atomic E-state index is 12.1. The lowest BCUT2D eigenvalue weighted by Gasteiger charge is -2.08. The number of nitrogens with zero attached hydrogens (tertiary/aromatic N) is 1. The Bertz CT molecular complexity index is 897. The van der Waals surface area contributed by atoms with Gasteiger partial charge in [0, 0.05) is 5.41 Å². The summed E-state index contributed by atoms with van der Waals surface area (Å²) in [5.74, 6) is -0.369. The first-order valence-electron chi connectivity index (χ1n) is 7.18. The van der Waals surface area contributed by atoms with Crippen LogP contribution >= 0.6 is 0 Å². The van der Waals surface area contributed by atoms with Gasteiger partial charge in [0.15, 0.2) is 15.7 Å². The summed E-state index contributed by atoms with van der Waals surface area (Å²) in [5.41, 5.74) is 4.04. The maximum absolute atomic E-state index is 12.1. The molecule has 1 aromatic heterocycles. The van der Waals surface area contributed by atoms with Crippen LogP contribution in [0.3, 0.4) is 0 Å². The van der Waals surface area contributed by atoms with Crippen molar-refractivity contribution in [1.29, 1.82) is 0 Å². The van der Waals surface area contributed by atoms with E-state index in [2.05, 4.69) is 15.3 Å². The Kier molecular flexibility index (Phi) is 3.81. The van der Waals surface area contributed by atoms with Crippen molar-refractivity contribution in [1.82, 2.24) is 15.3 Å². The van der Waals surface area contributed by atoms with Gasteiger partial charge in [-0.15, -0.1) is 0 Å². The number of rotatable bonds is 3. The van der Waals surface area contributed by atoms with E-state index in [0.29, 0.717) is 0 Å². The van der Waals surface area contributed by atoms with E-state index in [1.54, 1.807) is 6.20 Å². The molecule has 0 aliphatic carbocycles. The Balaban J connectivity index is 1.75. The number of hydrogen-bond acceptors (Lipinski definition) is 4. The van der Waals surface area contributed by atoms with E-state index in [1.807, 2.05) is 32.0 Å². The molecule has 120 valence electrons. The minimum atomic E-state index is -3.20. The molecule has 0 bridgehead atoms. The lowest BCUT2D eigenvalue weighted by molar-refractivity contribution is 0.0938. The molecule has 0 saturated heterocycles. The molecule has 7 heteroatoms. The largest absolute Gasteiger partial charge is 0.342 e. The monoisotopic (exact) mass is 331 g/mol. The third kappa shape index (κ3) is 3.34. The van der Waals surface area contributed by atoms with Crippen molar-refractivity contribution < 1.29 is 13.2 Å². The van der Waals surface area contributed by atoms with Gasteiger partial charge in [0.05, 0.1) is 23.7 Å². The quantitative estimate of drug-likeness (QED) is 0.896. The Morgan fingerprint density at radius 3 is 2.74 bits per heavy atom. The van der Waals surface area contributed by atoms with Crippen LogP contribution in [-0.2, 0) is 9.84 Å². The molecular formula is C16H17N3O3S. The van der Waals surface area contributed by atoms with Crippen molar-refractivity contribution in [2.24, 2.45) is 0 Å². The first-order valence-corrected chi connectivity index (χ1v) is 8.90. The Morgan fingerprint density at radius 2 is 2.09 bits per heavy atom. The molecule has 2 N–H and O–H groups in total. The third-order valence-corrected chi connectivity index (χ3v) is 5.25. The second-order valence-corrected chi connectivity index (χ2v) is 7.61. The molecule has 0 fully saturated rings. The summed E-state index contributed by atoms with van der Waals surface area (Å²) in [6.07, 6.45) is 3.07. The van der Waals surface area contributed by atoms with Crippen LogP contribution in [0.15, 0.2) is 35.9 Å². The molecule has 0 unspecified atom stereocenters. The zero-order valence-corrected chi connectivity index (χ0v) is 13.6. The number of sulfone groups is 1. The van der Waals surface area contributed by atoms with Gasteiger partial charge in [-0.25, -0.2) is 13.4 Å². The molecule has 2 heterocycles. The van der Waals surface area contributed by atoms with Crippen LogP contribution in [0.25, 0.3) is 11.3 Å². The van der Waals surface area contributed by atoms with Gasteiger partial charge in [0.25, 0.3) is 5.91 Å². The maximum Gasteiger partial charge on any atom is 0.287 e. The molecular weight excluding hydrogens is 314 g/mol. The molecule has 1 aliphatic rings. The number of aromatic nitrogens is 2. The van der Waals surface area contributed by atoms with Crippen molar-refractivity contribution in [3.8, 4) is 11.3 Å². The molecule has 6 nitrogen and oxygen atoms in total. The van der Waals surface area contributed by atoms with E-state index >= 15 is 0 Å². The number of imidazole rings is 1. The zero-order valence-electron chi connectivity index (χ0n) is 12.8. The first-order chi connectivity index (χ1) is 10.8. The van der Waals surface area contributed by atoms with E-state index in [4.69, 9.17) is 0 Å². The lowest BCUT2D eigenvalue weighted by Crippen LogP contribution is -2.36. The molecule has 2 aromatic rings. The van der Waals surface area contributed by atoms with E-state index in [-0.39, 0.29) is 11.6 Å². The standard InChI is InChI=1S/C16H17N3O3S/c1-10-3-4-12(7-11(10)2)14-8-17-15(19-14)16(20)18-13-5-6-23(21,22)9-13/h3-8,13H,9H2,1-2H3,(H,17,19)(H,18,20)/t13-/m1/s1. The third-order valence-electron chi connectivity index (χ3n) is 3.86. The molecule has 1 aliphatic heterocycles. The summed E-state index contributed by atoms with van der Waals surface area (Å²) in [5, 5.41) is 3.76. The van der Waals surface area contributed by atoms with Gasteiger partial charge in [-0.2, -0.15) is 0 Å². The van der Waals surface area contributed by atoms with Crippen LogP contribution < -0.4 is 5.32 Å². The highest BCUT2D eigenvalue weighted by Crippen LogP contribution is 2.20. The Morgan fingerprint density at radius 1 is 1.30 bits per heavy atom. The summed E-state index contributed by atoms with van der Waals surface area (Å²) in [6, 6.07) is 5.49. The van der Waals surface area contributed by atoms with Crippen molar-refractivity contribution in [2.45, 2.75) is 19.9 Å². The number of H-pyrrole nitrogens is 1. The number of aromatic amines is 1. The fourth-order valence-corrected chi connectivity index (χ4v) is 3.63. The van der Waals surface area contributed by atoms with Crippen molar-refractivity contribution >= 4 is 15.7 Å². The van der Waals surface area contributed by atoms with Crippen LogP contribution in [0.5, 0.6) is 0 Å². The summed E-state index contributed by atoms with van der Waals surface area (Å²) in [4.78, 5) is 19.2. The van der Waals surface area contributed by atoms with Gasteiger partial charge in [0.2, 0.25) is 0 Å². The van der Waals surface area contributed by atoms with E-state index < -0.39 is 21.8 Å². The molecule has 0 saturated carbocycles. The van der Waals surface area contributed by atoms with E-state index in [0.717, 1.165) is 22.2 Å². The van der Waals surface area contributed by atoms with Crippen molar-refractivity contribution in [3.05, 3.63) is 52.8 Å². The number of aryl methyl sites for hydroxylation is 2. The highest BCUT2D eigenvalue weighted by molar-refractivity contribution is 7.94. The number of carbonyl (C=O) groups excluding carboxylic acids is 1. The average molecular weight is 331 g/mol. The Hall–Kier alpha value is -2.41. The molecule has 0 radical (unpaired) electrons. The summed E-state index contributed by atoms with van der Waals surface area (Å²) >= 11 is 0. The van der Waals surface area contributed by atoms with Crippen LogP contribution in [0.1, 0.15) is 21.7 Å². The molecule has 0 spiro atoms. The van der Waals surface area contributed by atoms with E-state index in [9.17, 15) is 13.2 Å². The van der Waals surface area contributed by atoms with Gasteiger partial charge in [0.1, 0.15) is 0 Å². The van der Waals surface area contributed by atoms with Crippen LogP contribution in [0.2, 0.25) is 0 Å². The zero-order chi connectivity index (χ0) is 16.6. The number of amides is 1. The fraction of sp³-hybridized carbons (Fsp3) is 0.250. The minimum absolute atomic E-state index is 0.108. The normalized spacial score (nSPS) is 19.0. The number of carbonyl (C=O) groups is 1. The molecule has 23 heavy (non-hydrogen) atoms. The van der Waals surface area contributed by atoms with Crippen LogP contribution in [0.4, 0.5) is 0 Å². The first kappa shape index (κ1) is 15.5.